The standard InChI is InChI=1S/C8H9F3N2O2/c1-4-5(2-12)3-13-7(6(4)14)15-8(9,10)11/h3,14H,2,12H2,1H3. The van der Waals surface area contributed by atoms with Gasteiger partial charge in [0.05, 0.1) is 0 Å². The van der Waals surface area contributed by atoms with E-state index < -0.39 is 18.0 Å². The van der Waals surface area contributed by atoms with Gasteiger partial charge in [-0.05, 0) is 12.5 Å². The minimum Gasteiger partial charge on any atom is -0.503 e. The highest BCUT2D eigenvalue weighted by Crippen LogP contribution is 2.32. The van der Waals surface area contributed by atoms with E-state index in [4.69, 9.17) is 5.73 Å². The third-order valence-electron chi connectivity index (χ3n) is 1.81. The van der Waals surface area contributed by atoms with Crippen molar-refractivity contribution in [3.63, 3.8) is 0 Å². The van der Waals surface area contributed by atoms with Crippen molar-refractivity contribution in [3.8, 4) is 11.6 Å². The van der Waals surface area contributed by atoms with Gasteiger partial charge in [-0.3, -0.25) is 0 Å². The molecule has 1 heterocycles. The molecule has 0 fully saturated rings. The van der Waals surface area contributed by atoms with Crippen LogP contribution in [0.25, 0.3) is 0 Å². The molecule has 0 aliphatic heterocycles. The molecule has 0 unspecified atom stereocenters. The van der Waals surface area contributed by atoms with E-state index in [1.807, 2.05) is 0 Å². The maximum atomic E-state index is 11.8. The van der Waals surface area contributed by atoms with Crippen molar-refractivity contribution in [1.82, 2.24) is 4.98 Å². The Morgan fingerprint density at radius 2 is 2.13 bits per heavy atom. The third-order valence-corrected chi connectivity index (χ3v) is 1.81. The first kappa shape index (κ1) is 11.6. The Labute approximate surface area is 83.5 Å². The van der Waals surface area contributed by atoms with Gasteiger partial charge in [0.25, 0.3) is 5.88 Å². The van der Waals surface area contributed by atoms with Crippen LogP contribution in [0.3, 0.4) is 0 Å². The molecule has 1 aromatic rings. The number of nitrogens with zero attached hydrogens (tertiary/aromatic N) is 1. The molecule has 1 aromatic heterocycles. The van der Waals surface area contributed by atoms with Gasteiger partial charge in [0.2, 0.25) is 0 Å². The third kappa shape index (κ3) is 2.72. The average Bonchev–Trinajstić information content (AvgIpc) is 2.11. The van der Waals surface area contributed by atoms with Crippen molar-refractivity contribution in [3.05, 3.63) is 17.3 Å². The van der Waals surface area contributed by atoms with E-state index in [0.29, 0.717) is 5.56 Å². The average molecular weight is 222 g/mol. The lowest BCUT2D eigenvalue weighted by atomic mass is 10.1. The second-order valence-electron chi connectivity index (χ2n) is 2.81. The molecule has 15 heavy (non-hydrogen) atoms. The number of rotatable bonds is 2. The van der Waals surface area contributed by atoms with Crippen LogP contribution in [-0.2, 0) is 6.54 Å². The number of nitrogens with two attached hydrogens (primary N) is 1. The van der Waals surface area contributed by atoms with E-state index in [2.05, 4.69) is 9.72 Å². The van der Waals surface area contributed by atoms with Crippen LogP contribution in [0.2, 0.25) is 0 Å². The second-order valence-corrected chi connectivity index (χ2v) is 2.81. The lowest BCUT2D eigenvalue weighted by molar-refractivity contribution is -0.276. The van der Waals surface area contributed by atoms with E-state index >= 15 is 0 Å². The maximum absolute atomic E-state index is 11.8. The van der Waals surface area contributed by atoms with Gasteiger partial charge in [0, 0.05) is 18.3 Å². The summed E-state index contributed by atoms with van der Waals surface area (Å²) in [5, 5.41) is 9.33. The molecule has 4 nitrogen and oxygen atoms in total. The van der Waals surface area contributed by atoms with Crippen LogP contribution in [0, 0.1) is 6.92 Å². The van der Waals surface area contributed by atoms with Crippen LogP contribution < -0.4 is 10.5 Å². The summed E-state index contributed by atoms with van der Waals surface area (Å²) in [6.45, 7) is 1.52. The maximum Gasteiger partial charge on any atom is 0.574 e. The van der Waals surface area contributed by atoms with Gasteiger partial charge in [-0.1, -0.05) is 0 Å². The molecule has 0 saturated carbocycles. The van der Waals surface area contributed by atoms with Gasteiger partial charge < -0.3 is 15.6 Å². The van der Waals surface area contributed by atoms with Crippen molar-refractivity contribution >= 4 is 0 Å². The zero-order valence-corrected chi connectivity index (χ0v) is 7.80. The Hall–Kier alpha value is -1.50. The SMILES string of the molecule is Cc1c(CN)cnc(OC(F)(F)F)c1O. The van der Waals surface area contributed by atoms with E-state index in [0.717, 1.165) is 6.20 Å². The summed E-state index contributed by atoms with van der Waals surface area (Å²) < 4.78 is 39.0. The zero-order chi connectivity index (χ0) is 11.6. The van der Waals surface area contributed by atoms with Crippen molar-refractivity contribution < 1.29 is 23.0 Å². The Morgan fingerprint density at radius 1 is 1.53 bits per heavy atom. The first-order chi connectivity index (χ1) is 6.85. The number of ether oxygens (including phenoxy) is 1. The van der Waals surface area contributed by atoms with Gasteiger partial charge in [-0.25, -0.2) is 4.98 Å². The highest BCUT2D eigenvalue weighted by Gasteiger charge is 2.33. The molecule has 7 heteroatoms. The summed E-state index contributed by atoms with van der Waals surface area (Å²) in [5.74, 6) is -1.51. The summed E-state index contributed by atoms with van der Waals surface area (Å²) in [5.41, 5.74) is 5.97. The fourth-order valence-electron chi connectivity index (χ4n) is 0.997. The molecule has 1 rings (SSSR count). The van der Waals surface area contributed by atoms with Crippen LogP contribution in [0.5, 0.6) is 11.6 Å². The molecule has 84 valence electrons. The predicted molar refractivity (Wildman–Crippen MR) is 45.2 cm³/mol. The molecule has 3 N–H and O–H groups in total. The van der Waals surface area contributed by atoms with Crippen LogP contribution >= 0.6 is 0 Å². The molecular formula is C8H9F3N2O2. The van der Waals surface area contributed by atoms with Crippen LogP contribution in [0.4, 0.5) is 13.2 Å². The number of hydrogen-bond donors (Lipinski definition) is 2. The van der Waals surface area contributed by atoms with Gasteiger partial charge >= 0.3 is 6.36 Å². The van der Waals surface area contributed by atoms with Gasteiger partial charge in [-0.2, -0.15) is 0 Å². The number of pyridine rings is 1. The first-order valence-electron chi connectivity index (χ1n) is 3.98. The molecule has 0 aliphatic rings. The molecule has 0 aliphatic carbocycles. The van der Waals surface area contributed by atoms with Crippen LogP contribution in [0.1, 0.15) is 11.1 Å². The molecule has 0 saturated heterocycles. The fourth-order valence-corrected chi connectivity index (χ4v) is 0.997. The first-order valence-corrected chi connectivity index (χ1v) is 3.98. The molecule has 0 radical (unpaired) electrons. The predicted octanol–water partition coefficient (Wildman–Crippen LogP) is 1.45. The topological polar surface area (TPSA) is 68.4 Å². The fraction of sp³-hybridized carbons (Fsp3) is 0.375. The summed E-state index contributed by atoms with van der Waals surface area (Å²) in [7, 11) is 0. The molecule has 0 atom stereocenters. The Kier molecular flexibility index (Phi) is 3.04. The van der Waals surface area contributed by atoms with Crippen molar-refractivity contribution in [2.24, 2.45) is 5.73 Å². The summed E-state index contributed by atoms with van der Waals surface area (Å²) in [6, 6.07) is 0. The minimum atomic E-state index is -4.87. The second kappa shape index (κ2) is 3.93. The summed E-state index contributed by atoms with van der Waals surface area (Å²) >= 11 is 0. The van der Waals surface area contributed by atoms with Crippen LogP contribution in [-0.4, -0.2) is 16.5 Å². The minimum absolute atomic E-state index is 0.0820. The molecule has 0 spiro atoms. The van der Waals surface area contributed by atoms with E-state index in [9.17, 15) is 18.3 Å². The van der Waals surface area contributed by atoms with Crippen molar-refractivity contribution in [2.75, 3.05) is 0 Å². The molecular weight excluding hydrogens is 213 g/mol. The Balaban J connectivity index is 3.07. The summed E-state index contributed by atoms with van der Waals surface area (Å²) in [6.07, 6.45) is -3.74. The van der Waals surface area contributed by atoms with E-state index in [1.54, 1.807) is 0 Å². The van der Waals surface area contributed by atoms with E-state index in [1.165, 1.54) is 6.92 Å². The van der Waals surface area contributed by atoms with Gasteiger partial charge in [-0.15, -0.1) is 13.2 Å². The van der Waals surface area contributed by atoms with Crippen molar-refractivity contribution in [2.45, 2.75) is 19.8 Å². The Bertz CT molecular complexity index is 366. The lowest BCUT2D eigenvalue weighted by Crippen LogP contribution is -2.18. The number of alkyl halides is 3. The highest BCUT2D eigenvalue weighted by atomic mass is 19.4. The molecule has 0 amide bonds. The number of halogens is 3. The van der Waals surface area contributed by atoms with Crippen LogP contribution in [0.15, 0.2) is 6.20 Å². The number of aromatic nitrogens is 1. The Morgan fingerprint density at radius 3 is 2.60 bits per heavy atom. The lowest BCUT2D eigenvalue weighted by Gasteiger charge is -2.12. The zero-order valence-electron chi connectivity index (χ0n) is 7.80. The number of aromatic hydroxyl groups is 1. The highest BCUT2D eigenvalue weighted by molar-refractivity contribution is 5.43. The largest absolute Gasteiger partial charge is 0.574 e. The van der Waals surface area contributed by atoms with E-state index in [-0.39, 0.29) is 12.1 Å². The van der Waals surface area contributed by atoms with Crippen molar-refractivity contribution in [1.29, 1.82) is 0 Å². The van der Waals surface area contributed by atoms with Gasteiger partial charge in [0.15, 0.2) is 5.75 Å². The quantitative estimate of drug-likeness (QED) is 0.794. The monoisotopic (exact) mass is 222 g/mol. The van der Waals surface area contributed by atoms with Gasteiger partial charge in [0.1, 0.15) is 0 Å². The molecule has 0 bridgehead atoms. The molecule has 0 aromatic carbocycles. The smallest absolute Gasteiger partial charge is 0.503 e. The normalized spacial score (nSPS) is 11.5. The number of hydrogen-bond acceptors (Lipinski definition) is 4. The summed E-state index contributed by atoms with van der Waals surface area (Å²) in [4.78, 5) is 3.32.